The number of fused-ring (bicyclic) bond motifs is 1. The molecule has 2 N–H and O–H groups in total. The Kier molecular flexibility index (Phi) is 4.14. The van der Waals surface area contributed by atoms with Crippen LogP contribution in [-0.2, 0) is 12.1 Å². The first kappa shape index (κ1) is 16.4. The van der Waals surface area contributed by atoms with Gasteiger partial charge in [-0.1, -0.05) is 48.0 Å². The summed E-state index contributed by atoms with van der Waals surface area (Å²) in [6.07, 6.45) is 1.57. The van der Waals surface area contributed by atoms with Gasteiger partial charge >= 0.3 is 0 Å². The zero-order chi connectivity index (χ0) is 17.4. The fraction of sp³-hybridized carbons (Fsp3) is 0.364. The van der Waals surface area contributed by atoms with Crippen LogP contribution in [0.25, 0.3) is 10.9 Å². The highest BCUT2D eigenvalue weighted by atomic mass is 16.3. The molecular formula is C22H26N2O. The van der Waals surface area contributed by atoms with Gasteiger partial charge in [-0.2, -0.15) is 0 Å². The van der Waals surface area contributed by atoms with Crippen LogP contribution in [0.2, 0.25) is 0 Å². The molecule has 3 heteroatoms. The van der Waals surface area contributed by atoms with Crippen LogP contribution >= 0.6 is 0 Å². The molecule has 0 unspecified atom stereocenters. The zero-order valence-corrected chi connectivity index (χ0v) is 15.0. The van der Waals surface area contributed by atoms with Crippen LogP contribution in [0.5, 0.6) is 0 Å². The van der Waals surface area contributed by atoms with E-state index in [1.54, 1.807) is 0 Å². The summed E-state index contributed by atoms with van der Waals surface area (Å²) in [7, 11) is 0. The largest absolute Gasteiger partial charge is 0.385 e. The van der Waals surface area contributed by atoms with Crippen LogP contribution < -0.4 is 0 Å². The lowest BCUT2D eigenvalue weighted by Gasteiger charge is -2.38. The average Bonchev–Trinajstić information content (AvgIpc) is 2.94. The minimum atomic E-state index is -0.681. The van der Waals surface area contributed by atoms with E-state index < -0.39 is 5.60 Å². The summed E-state index contributed by atoms with van der Waals surface area (Å²) in [5.74, 6) is 0. The Bertz CT molecular complexity index is 871. The van der Waals surface area contributed by atoms with Crippen molar-refractivity contribution < 1.29 is 5.11 Å². The molecule has 2 aromatic carbocycles. The molecule has 1 saturated heterocycles. The molecule has 3 aromatic rings. The molecule has 130 valence electrons. The van der Waals surface area contributed by atoms with Crippen LogP contribution in [0, 0.1) is 13.8 Å². The Balaban J connectivity index is 1.46. The number of H-pyrrole nitrogens is 1. The number of aryl methyl sites for hydroxylation is 2. The number of likely N-dealkylation sites (tertiary alicyclic amines) is 1. The topological polar surface area (TPSA) is 39.3 Å². The molecule has 0 bridgehead atoms. The number of para-hydroxylation sites is 1. The van der Waals surface area contributed by atoms with Crippen molar-refractivity contribution in [2.24, 2.45) is 0 Å². The highest BCUT2D eigenvalue weighted by Crippen LogP contribution is 2.34. The van der Waals surface area contributed by atoms with Crippen LogP contribution in [0.3, 0.4) is 0 Å². The summed E-state index contributed by atoms with van der Waals surface area (Å²) in [5, 5.41) is 12.4. The molecule has 3 nitrogen and oxygen atoms in total. The number of aromatic nitrogens is 1. The van der Waals surface area contributed by atoms with E-state index in [4.69, 9.17) is 0 Å². The fourth-order valence-corrected chi connectivity index (χ4v) is 3.95. The van der Waals surface area contributed by atoms with E-state index in [2.05, 4.69) is 72.3 Å². The Hall–Kier alpha value is -2.10. The van der Waals surface area contributed by atoms with E-state index in [0.29, 0.717) is 0 Å². The first-order chi connectivity index (χ1) is 12.0. The summed E-state index contributed by atoms with van der Waals surface area (Å²) in [6, 6.07) is 16.8. The maximum Gasteiger partial charge on any atom is 0.0920 e. The van der Waals surface area contributed by atoms with E-state index in [1.807, 2.05) is 0 Å². The lowest BCUT2D eigenvalue weighted by molar-refractivity contribution is -0.0279. The summed E-state index contributed by atoms with van der Waals surface area (Å²) < 4.78 is 0. The molecular weight excluding hydrogens is 308 g/mol. The monoisotopic (exact) mass is 334 g/mol. The molecule has 1 aromatic heterocycles. The molecule has 1 fully saturated rings. The van der Waals surface area contributed by atoms with E-state index in [-0.39, 0.29) is 0 Å². The molecule has 0 spiro atoms. The SMILES string of the molecule is Cc1ccc(C2(O)CCN(Cc3[nH]c4ccccc4c3C)CC2)cc1. The number of nitrogens with zero attached hydrogens (tertiary/aromatic N) is 1. The molecule has 0 atom stereocenters. The van der Waals surface area contributed by atoms with Crippen LogP contribution in [0.1, 0.15) is 35.2 Å². The zero-order valence-electron chi connectivity index (χ0n) is 15.0. The minimum Gasteiger partial charge on any atom is -0.385 e. The second-order valence-electron chi connectivity index (χ2n) is 7.45. The van der Waals surface area contributed by atoms with Crippen LogP contribution in [0.4, 0.5) is 0 Å². The number of rotatable bonds is 3. The van der Waals surface area contributed by atoms with Crippen LogP contribution in [0.15, 0.2) is 48.5 Å². The maximum atomic E-state index is 11.1. The number of piperidine rings is 1. The third kappa shape index (κ3) is 3.10. The van der Waals surface area contributed by atoms with Gasteiger partial charge in [0.2, 0.25) is 0 Å². The number of nitrogens with one attached hydrogen (secondary N) is 1. The number of hydrogen-bond acceptors (Lipinski definition) is 2. The first-order valence-electron chi connectivity index (χ1n) is 9.13. The molecule has 0 radical (unpaired) electrons. The van der Waals surface area contributed by atoms with Gasteiger partial charge in [0.15, 0.2) is 0 Å². The van der Waals surface area contributed by atoms with E-state index >= 15 is 0 Å². The second kappa shape index (κ2) is 6.32. The molecule has 4 rings (SSSR count). The van der Waals surface area contributed by atoms with Gasteiger partial charge in [-0.3, -0.25) is 4.90 Å². The second-order valence-corrected chi connectivity index (χ2v) is 7.45. The van der Waals surface area contributed by atoms with Gasteiger partial charge in [0.25, 0.3) is 0 Å². The van der Waals surface area contributed by atoms with Crippen LogP contribution in [-0.4, -0.2) is 28.1 Å². The van der Waals surface area contributed by atoms with E-state index in [9.17, 15) is 5.11 Å². The van der Waals surface area contributed by atoms with Gasteiger partial charge < -0.3 is 10.1 Å². The van der Waals surface area contributed by atoms with Crippen molar-refractivity contribution >= 4 is 10.9 Å². The summed E-state index contributed by atoms with van der Waals surface area (Å²) in [4.78, 5) is 6.01. The molecule has 1 aliphatic rings. The summed E-state index contributed by atoms with van der Waals surface area (Å²) in [6.45, 7) is 7.03. The molecule has 25 heavy (non-hydrogen) atoms. The molecule has 1 aliphatic heterocycles. The van der Waals surface area contributed by atoms with Crippen molar-refractivity contribution in [1.82, 2.24) is 9.88 Å². The maximum absolute atomic E-state index is 11.1. The average molecular weight is 334 g/mol. The Labute approximate surface area is 149 Å². The van der Waals surface area contributed by atoms with Gasteiger partial charge in [0, 0.05) is 36.2 Å². The minimum absolute atomic E-state index is 0.681. The van der Waals surface area contributed by atoms with E-state index in [1.165, 1.54) is 27.7 Å². The van der Waals surface area contributed by atoms with Gasteiger partial charge in [0.1, 0.15) is 0 Å². The van der Waals surface area contributed by atoms with Gasteiger partial charge in [-0.15, -0.1) is 0 Å². The van der Waals surface area contributed by atoms with E-state index in [0.717, 1.165) is 38.0 Å². The normalized spacial score (nSPS) is 17.9. The Morgan fingerprint density at radius 1 is 1.00 bits per heavy atom. The van der Waals surface area contributed by atoms with Crippen molar-refractivity contribution in [1.29, 1.82) is 0 Å². The quantitative estimate of drug-likeness (QED) is 0.751. The van der Waals surface area contributed by atoms with Crippen molar-refractivity contribution in [3.05, 3.63) is 70.9 Å². The van der Waals surface area contributed by atoms with Crippen molar-refractivity contribution in [2.75, 3.05) is 13.1 Å². The number of aliphatic hydroxyl groups is 1. The first-order valence-corrected chi connectivity index (χ1v) is 9.13. The van der Waals surface area contributed by atoms with Gasteiger partial charge in [0.05, 0.1) is 5.60 Å². The molecule has 0 aliphatic carbocycles. The number of hydrogen-bond donors (Lipinski definition) is 2. The molecule has 0 amide bonds. The predicted octanol–water partition coefficient (Wildman–Crippen LogP) is 4.27. The van der Waals surface area contributed by atoms with Crippen molar-refractivity contribution in [3.63, 3.8) is 0 Å². The van der Waals surface area contributed by atoms with Crippen molar-refractivity contribution in [2.45, 2.75) is 38.8 Å². The van der Waals surface area contributed by atoms with Gasteiger partial charge in [-0.05, 0) is 43.9 Å². The number of aromatic amines is 1. The lowest BCUT2D eigenvalue weighted by Crippen LogP contribution is -2.42. The summed E-state index contributed by atoms with van der Waals surface area (Å²) in [5.41, 5.74) is 5.46. The standard InChI is InChI=1S/C22H26N2O/c1-16-7-9-18(10-8-16)22(25)11-13-24(14-12-22)15-21-17(2)19-5-3-4-6-20(19)23-21/h3-10,23,25H,11-15H2,1-2H3. The summed E-state index contributed by atoms with van der Waals surface area (Å²) >= 11 is 0. The predicted molar refractivity (Wildman–Crippen MR) is 103 cm³/mol. The van der Waals surface area contributed by atoms with Gasteiger partial charge in [-0.25, -0.2) is 0 Å². The Morgan fingerprint density at radius 3 is 2.36 bits per heavy atom. The number of benzene rings is 2. The fourth-order valence-electron chi connectivity index (χ4n) is 3.95. The lowest BCUT2D eigenvalue weighted by atomic mass is 9.84. The molecule has 2 heterocycles. The third-order valence-corrected chi connectivity index (χ3v) is 5.72. The highest BCUT2D eigenvalue weighted by molar-refractivity contribution is 5.84. The smallest absolute Gasteiger partial charge is 0.0920 e. The molecule has 0 saturated carbocycles. The van der Waals surface area contributed by atoms with Crippen molar-refractivity contribution in [3.8, 4) is 0 Å². The Morgan fingerprint density at radius 2 is 1.68 bits per heavy atom. The third-order valence-electron chi connectivity index (χ3n) is 5.72. The highest BCUT2D eigenvalue weighted by Gasteiger charge is 2.34.